The van der Waals surface area contributed by atoms with Gasteiger partial charge in [-0.3, -0.25) is 9.59 Å². The number of nitrogens with zero attached hydrogens (tertiary/aromatic N) is 2. The van der Waals surface area contributed by atoms with Gasteiger partial charge in [-0.05, 0) is 55.7 Å². The summed E-state index contributed by atoms with van der Waals surface area (Å²) in [6, 6.07) is 14.0. The van der Waals surface area contributed by atoms with Gasteiger partial charge in [0.2, 0.25) is 5.91 Å². The zero-order chi connectivity index (χ0) is 21.6. The molecule has 1 aromatic heterocycles. The number of likely N-dealkylation sites (tertiary alicyclic amines) is 2. The normalized spacial score (nSPS) is 21.1. The molecule has 0 radical (unpaired) electrons. The van der Waals surface area contributed by atoms with Crippen molar-refractivity contribution in [1.82, 2.24) is 9.80 Å². The van der Waals surface area contributed by atoms with Crippen LogP contribution in [0.4, 0.5) is 0 Å². The van der Waals surface area contributed by atoms with E-state index in [0.29, 0.717) is 30.5 Å². The standard InChI is InChI=1S/C25H32N2O4/c1-30-18-21-12-13-23(31-21)25(29)27-15-6-10-20-17-26(16-14-22(20)27)24(28)11-5-9-19-7-3-2-4-8-19/h2-4,7-8,12-13,20,22H,5-6,9-11,14-18H2,1H3/t20-,22+/m1/s1. The van der Waals surface area contributed by atoms with E-state index < -0.39 is 0 Å². The molecule has 166 valence electrons. The highest BCUT2D eigenvalue weighted by Crippen LogP contribution is 2.32. The molecule has 0 spiro atoms. The van der Waals surface area contributed by atoms with Crippen LogP contribution in [0.5, 0.6) is 0 Å². The van der Waals surface area contributed by atoms with Gasteiger partial charge in [0.05, 0.1) is 0 Å². The fourth-order valence-electron chi connectivity index (χ4n) is 4.98. The van der Waals surface area contributed by atoms with Crippen LogP contribution in [0.2, 0.25) is 0 Å². The van der Waals surface area contributed by atoms with Crippen LogP contribution in [-0.2, 0) is 22.6 Å². The molecule has 6 nitrogen and oxygen atoms in total. The van der Waals surface area contributed by atoms with Gasteiger partial charge in [0, 0.05) is 39.2 Å². The molecule has 0 aliphatic carbocycles. The molecule has 2 fully saturated rings. The maximum absolute atomic E-state index is 13.1. The minimum absolute atomic E-state index is 0.0420. The molecule has 1 aromatic carbocycles. The number of amides is 2. The first-order valence-corrected chi connectivity index (χ1v) is 11.4. The van der Waals surface area contributed by atoms with Gasteiger partial charge < -0.3 is 19.0 Å². The van der Waals surface area contributed by atoms with Gasteiger partial charge in [-0.2, -0.15) is 0 Å². The van der Waals surface area contributed by atoms with Gasteiger partial charge >= 0.3 is 0 Å². The van der Waals surface area contributed by atoms with Crippen molar-refractivity contribution in [3.63, 3.8) is 0 Å². The highest BCUT2D eigenvalue weighted by Gasteiger charge is 2.40. The second-order valence-corrected chi connectivity index (χ2v) is 8.63. The van der Waals surface area contributed by atoms with E-state index in [1.807, 2.05) is 28.0 Å². The minimum Gasteiger partial charge on any atom is -0.453 e. The van der Waals surface area contributed by atoms with E-state index in [0.717, 1.165) is 51.7 Å². The molecule has 31 heavy (non-hydrogen) atoms. The number of hydrogen-bond acceptors (Lipinski definition) is 4. The van der Waals surface area contributed by atoms with E-state index in [-0.39, 0.29) is 17.9 Å². The van der Waals surface area contributed by atoms with Gasteiger partial charge in [0.25, 0.3) is 5.91 Å². The molecule has 2 aliphatic rings. The number of benzene rings is 1. The lowest BCUT2D eigenvalue weighted by Crippen LogP contribution is -2.56. The maximum atomic E-state index is 13.1. The first-order valence-electron chi connectivity index (χ1n) is 11.4. The third-order valence-corrected chi connectivity index (χ3v) is 6.54. The number of rotatable bonds is 7. The van der Waals surface area contributed by atoms with Crippen molar-refractivity contribution < 1.29 is 18.7 Å². The number of carbonyl (C=O) groups excluding carboxylic acids is 2. The Morgan fingerprint density at radius 1 is 1.10 bits per heavy atom. The third kappa shape index (κ3) is 5.18. The van der Waals surface area contributed by atoms with Gasteiger partial charge in [-0.25, -0.2) is 0 Å². The lowest BCUT2D eigenvalue weighted by Gasteiger charge is -2.47. The Hall–Kier alpha value is -2.60. The fraction of sp³-hybridized carbons (Fsp3) is 0.520. The Labute approximate surface area is 184 Å². The smallest absolute Gasteiger partial charge is 0.289 e. The molecular weight excluding hydrogens is 392 g/mol. The molecule has 0 unspecified atom stereocenters. The lowest BCUT2D eigenvalue weighted by molar-refractivity contribution is -0.134. The average molecular weight is 425 g/mol. The number of fused-ring (bicyclic) bond motifs is 1. The topological polar surface area (TPSA) is 63.0 Å². The largest absolute Gasteiger partial charge is 0.453 e. The molecule has 0 bridgehead atoms. The average Bonchev–Trinajstić information content (AvgIpc) is 3.27. The Kier molecular flexibility index (Phi) is 7.07. The number of carbonyl (C=O) groups is 2. The van der Waals surface area contributed by atoms with Crippen LogP contribution in [0.25, 0.3) is 0 Å². The van der Waals surface area contributed by atoms with Crippen molar-refractivity contribution in [2.24, 2.45) is 5.92 Å². The monoisotopic (exact) mass is 424 g/mol. The SMILES string of the molecule is COCc1ccc(C(=O)N2CCC[C@@H]3CN(C(=O)CCCc4ccccc4)CC[C@@H]32)o1. The van der Waals surface area contributed by atoms with Crippen molar-refractivity contribution in [2.45, 2.75) is 51.2 Å². The molecule has 2 saturated heterocycles. The number of piperidine rings is 2. The second kappa shape index (κ2) is 10.1. The quantitative estimate of drug-likeness (QED) is 0.676. The summed E-state index contributed by atoms with van der Waals surface area (Å²) in [5, 5.41) is 0. The van der Waals surface area contributed by atoms with Crippen LogP contribution >= 0.6 is 0 Å². The van der Waals surface area contributed by atoms with Gasteiger partial charge in [-0.15, -0.1) is 0 Å². The van der Waals surface area contributed by atoms with Crippen molar-refractivity contribution in [1.29, 1.82) is 0 Å². The van der Waals surface area contributed by atoms with E-state index in [1.165, 1.54) is 5.56 Å². The highest BCUT2D eigenvalue weighted by atomic mass is 16.5. The Balaban J connectivity index is 1.31. The minimum atomic E-state index is -0.0420. The Morgan fingerprint density at radius 2 is 1.94 bits per heavy atom. The molecular formula is C25H32N2O4. The summed E-state index contributed by atoms with van der Waals surface area (Å²) in [4.78, 5) is 29.8. The van der Waals surface area contributed by atoms with Crippen molar-refractivity contribution in [3.05, 3.63) is 59.5 Å². The summed E-state index contributed by atoms with van der Waals surface area (Å²) < 4.78 is 10.8. The highest BCUT2D eigenvalue weighted by molar-refractivity contribution is 5.92. The third-order valence-electron chi connectivity index (χ3n) is 6.54. The van der Waals surface area contributed by atoms with E-state index in [1.54, 1.807) is 19.2 Å². The zero-order valence-electron chi connectivity index (χ0n) is 18.3. The summed E-state index contributed by atoms with van der Waals surface area (Å²) in [5.74, 6) is 1.59. The van der Waals surface area contributed by atoms with Gasteiger partial charge in [-0.1, -0.05) is 30.3 Å². The van der Waals surface area contributed by atoms with Gasteiger partial charge in [0.1, 0.15) is 12.4 Å². The molecule has 6 heteroatoms. The first kappa shape index (κ1) is 21.6. The summed E-state index contributed by atoms with van der Waals surface area (Å²) >= 11 is 0. The Bertz CT molecular complexity index is 879. The van der Waals surface area contributed by atoms with Crippen LogP contribution in [0.15, 0.2) is 46.9 Å². The molecule has 0 N–H and O–H groups in total. The summed E-state index contributed by atoms with van der Waals surface area (Å²) in [6.45, 7) is 2.60. The van der Waals surface area contributed by atoms with E-state index in [2.05, 4.69) is 12.1 Å². The molecule has 3 heterocycles. The van der Waals surface area contributed by atoms with Crippen molar-refractivity contribution in [2.75, 3.05) is 26.7 Å². The number of ether oxygens (including phenoxy) is 1. The predicted octanol–water partition coefficient (Wildman–Crippen LogP) is 3.90. The summed E-state index contributed by atoms with van der Waals surface area (Å²) in [5.41, 5.74) is 1.28. The summed E-state index contributed by atoms with van der Waals surface area (Å²) in [6.07, 6.45) is 5.27. The van der Waals surface area contributed by atoms with Crippen LogP contribution in [0.1, 0.15) is 54.0 Å². The first-order chi connectivity index (χ1) is 15.2. The Morgan fingerprint density at radius 3 is 2.74 bits per heavy atom. The number of hydrogen-bond donors (Lipinski definition) is 0. The zero-order valence-corrected chi connectivity index (χ0v) is 18.3. The second-order valence-electron chi connectivity index (χ2n) is 8.63. The molecule has 2 aromatic rings. The van der Waals surface area contributed by atoms with Crippen LogP contribution in [0, 0.1) is 5.92 Å². The van der Waals surface area contributed by atoms with E-state index >= 15 is 0 Å². The molecule has 2 aliphatic heterocycles. The maximum Gasteiger partial charge on any atom is 0.289 e. The van der Waals surface area contributed by atoms with Crippen LogP contribution in [0.3, 0.4) is 0 Å². The van der Waals surface area contributed by atoms with Crippen LogP contribution < -0.4 is 0 Å². The summed E-state index contributed by atoms with van der Waals surface area (Å²) in [7, 11) is 1.61. The number of furan rings is 1. The van der Waals surface area contributed by atoms with Crippen molar-refractivity contribution >= 4 is 11.8 Å². The number of aryl methyl sites for hydroxylation is 1. The van der Waals surface area contributed by atoms with Gasteiger partial charge in [0.15, 0.2) is 5.76 Å². The van der Waals surface area contributed by atoms with Crippen molar-refractivity contribution in [3.8, 4) is 0 Å². The molecule has 0 saturated carbocycles. The van der Waals surface area contributed by atoms with E-state index in [4.69, 9.17) is 9.15 Å². The van der Waals surface area contributed by atoms with Crippen LogP contribution in [-0.4, -0.2) is 54.4 Å². The molecule has 2 amide bonds. The fourth-order valence-corrected chi connectivity index (χ4v) is 4.98. The van der Waals surface area contributed by atoms with E-state index in [9.17, 15) is 9.59 Å². The molecule has 2 atom stereocenters. The molecule has 4 rings (SSSR count). The number of methoxy groups -OCH3 is 1. The predicted molar refractivity (Wildman–Crippen MR) is 118 cm³/mol. The lowest BCUT2D eigenvalue weighted by atomic mass is 9.83.